The minimum atomic E-state index is -1.15. The van der Waals surface area contributed by atoms with Gasteiger partial charge in [-0.15, -0.1) is 0 Å². The van der Waals surface area contributed by atoms with E-state index in [-0.39, 0.29) is 5.78 Å². The molecule has 1 aliphatic carbocycles. The van der Waals surface area contributed by atoms with Crippen LogP contribution >= 0.6 is 23.2 Å². The highest BCUT2D eigenvalue weighted by molar-refractivity contribution is 6.54. The van der Waals surface area contributed by atoms with Gasteiger partial charge in [0.1, 0.15) is 0 Å². The van der Waals surface area contributed by atoms with Crippen LogP contribution in [0.25, 0.3) is 11.1 Å². The Balaban J connectivity index is 2.15. The van der Waals surface area contributed by atoms with Crippen LogP contribution in [0.4, 0.5) is 5.69 Å². The molecule has 0 unspecified atom stereocenters. The van der Waals surface area contributed by atoms with Gasteiger partial charge in [-0.05, 0) is 11.6 Å². The zero-order chi connectivity index (χ0) is 14.3. The number of rotatable bonds is 2. The third-order valence-electron chi connectivity index (χ3n) is 3.21. The number of carbonyl (C=O) groups excluding carboxylic acids is 2. The highest BCUT2D eigenvalue weighted by Crippen LogP contribution is 2.41. The van der Waals surface area contributed by atoms with Gasteiger partial charge in [0.25, 0.3) is 5.91 Å². The summed E-state index contributed by atoms with van der Waals surface area (Å²) in [5, 5.41) is 2.65. The number of nitrogens with one attached hydrogen (secondary N) is 1. The number of fused-ring (bicyclic) bond motifs is 3. The summed E-state index contributed by atoms with van der Waals surface area (Å²) in [7, 11) is 0. The van der Waals surface area contributed by atoms with Crippen molar-refractivity contribution in [2.75, 3.05) is 5.32 Å². The Morgan fingerprint density at radius 3 is 2.30 bits per heavy atom. The smallest absolute Gasteiger partial charge is 0.257 e. The molecule has 0 saturated heterocycles. The maximum Gasteiger partial charge on any atom is 0.257 e. The molecule has 0 atom stereocenters. The zero-order valence-electron chi connectivity index (χ0n) is 10.2. The van der Waals surface area contributed by atoms with Gasteiger partial charge < -0.3 is 5.32 Å². The fourth-order valence-electron chi connectivity index (χ4n) is 2.37. The molecular weight excluding hydrogens is 297 g/mol. The average Bonchev–Trinajstić information content (AvgIpc) is 2.74. The summed E-state index contributed by atoms with van der Waals surface area (Å²) in [5.41, 5.74) is 3.28. The predicted octanol–water partition coefficient (Wildman–Crippen LogP) is 3.64. The molecule has 0 aromatic heterocycles. The highest BCUT2D eigenvalue weighted by atomic mass is 35.5. The molecule has 0 heterocycles. The summed E-state index contributed by atoms with van der Waals surface area (Å²) in [6.45, 7) is 0. The monoisotopic (exact) mass is 305 g/mol. The molecule has 1 amide bonds. The Bertz CT molecular complexity index is 726. The van der Waals surface area contributed by atoms with Crippen LogP contribution in [0.2, 0.25) is 0 Å². The van der Waals surface area contributed by atoms with Crippen molar-refractivity contribution >= 4 is 40.6 Å². The van der Waals surface area contributed by atoms with Crippen molar-refractivity contribution < 1.29 is 9.59 Å². The van der Waals surface area contributed by atoms with Gasteiger partial charge >= 0.3 is 0 Å². The van der Waals surface area contributed by atoms with Crippen LogP contribution in [0.5, 0.6) is 0 Å². The number of carbonyl (C=O) groups is 2. The van der Waals surface area contributed by atoms with Gasteiger partial charge in [-0.1, -0.05) is 59.6 Å². The molecule has 3 rings (SSSR count). The molecule has 20 heavy (non-hydrogen) atoms. The normalized spacial score (nSPS) is 12.2. The van der Waals surface area contributed by atoms with E-state index in [1.54, 1.807) is 24.3 Å². The van der Waals surface area contributed by atoms with E-state index >= 15 is 0 Å². The first-order valence-electron chi connectivity index (χ1n) is 5.95. The molecule has 3 nitrogen and oxygen atoms in total. The summed E-state index contributed by atoms with van der Waals surface area (Å²) in [4.78, 5) is 22.8. The van der Waals surface area contributed by atoms with Gasteiger partial charge in [-0.2, -0.15) is 0 Å². The van der Waals surface area contributed by atoms with Crippen molar-refractivity contribution in [3.63, 3.8) is 0 Å². The van der Waals surface area contributed by atoms with Crippen LogP contribution in [0.1, 0.15) is 15.9 Å². The molecule has 0 saturated carbocycles. The summed E-state index contributed by atoms with van der Waals surface area (Å²) in [5.74, 6) is -0.557. The number of hydrogen-bond donors (Lipinski definition) is 1. The number of anilines is 1. The first-order chi connectivity index (χ1) is 9.59. The molecule has 1 N–H and O–H groups in total. The van der Waals surface area contributed by atoms with Crippen molar-refractivity contribution in [2.24, 2.45) is 0 Å². The van der Waals surface area contributed by atoms with Crippen LogP contribution in [0.3, 0.4) is 0 Å². The zero-order valence-corrected chi connectivity index (χ0v) is 11.7. The topological polar surface area (TPSA) is 46.2 Å². The number of amides is 1. The van der Waals surface area contributed by atoms with Crippen molar-refractivity contribution in [1.29, 1.82) is 0 Å². The van der Waals surface area contributed by atoms with Crippen molar-refractivity contribution in [3.8, 4) is 11.1 Å². The fourth-order valence-corrected chi connectivity index (χ4v) is 2.48. The minimum Gasteiger partial charge on any atom is -0.323 e. The summed E-state index contributed by atoms with van der Waals surface area (Å²) in [6, 6.07) is 12.5. The van der Waals surface area contributed by atoms with E-state index in [2.05, 4.69) is 5.32 Å². The Morgan fingerprint density at radius 1 is 0.950 bits per heavy atom. The first kappa shape index (κ1) is 13.2. The second kappa shape index (κ2) is 4.93. The van der Waals surface area contributed by atoms with Crippen molar-refractivity contribution in [2.45, 2.75) is 4.84 Å². The van der Waals surface area contributed by atoms with Crippen LogP contribution in [0.15, 0.2) is 42.5 Å². The Hall–Kier alpha value is -1.84. The maximum absolute atomic E-state index is 12.3. The van der Waals surface area contributed by atoms with E-state index in [4.69, 9.17) is 23.2 Å². The summed E-state index contributed by atoms with van der Waals surface area (Å²) in [6.07, 6.45) is 0. The molecule has 0 aliphatic heterocycles. The number of halogens is 2. The largest absolute Gasteiger partial charge is 0.323 e. The third kappa shape index (κ3) is 1.99. The van der Waals surface area contributed by atoms with Gasteiger partial charge in [0.2, 0.25) is 0 Å². The summed E-state index contributed by atoms with van der Waals surface area (Å²) >= 11 is 11.1. The molecule has 0 spiro atoms. The van der Waals surface area contributed by atoms with Crippen LogP contribution in [-0.2, 0) is 4.79 Å². The quantitative estimate of drug-likeness (QED) is 0.735. The van der Waals surface area contributed by atoms with Gasteiger partial charge in [0.05, 0.1) is 0 Å². The lowest BCUT2D eigenvalue weighted by atomic mass is 10.0. The highest BCUT2D eigenvalue weighted by Gasteiger charge is 2.29. The Labute approximate surface area is 125 Å². The first-order valence-corrected chi connectivity index (χ1v) is 6.83. The SMILES string of the molecule is O=C1c2ccccc2-c2c(NC(=O)C(Cl)Cl)cccc21. The Morgan fingerprint density at radius 2 is 1.60 bits per heavy atom. The Kier molecular flexibility index (Phi) is 3.24. The number of ketones is 1. The molecule has 5 heteroatoms. The molecule has 100 valence electrons. The van der Waals surface area contributed by atoms with Gasteiger partial charge in [0.15, 0.2) is 10.6 Å². The molecule has 1 aliphatic rings. The van der Waals surface area contributed by atoms with Gasteiger partial charge in [0, 0.05) is 22.4 Å². The van der Waals surface area contributed by atoms with E-state index in [1.165, 1.54) is 0 Å². The molecular formula is C15H9Cl2NO2. The third-order valence-corrected chi connectivity index (χ3v) is 3.60. The summed E-state index contributed by atoms with van der Waals surface area (Å²) < 4.78 is 0. The van der Waals surface area contributed by atoms with E-state index in [1.807, 2.05) is 18.2 Å². The van der Waals surface area contributed by atoms with E-state index in [9.17, 15) is 9.59 Å². The van der Waals surface area contributed by atoms with E-state index < -0.39 is 10.7 Å². The van der Waals surface area contributed by atoms with Gasteiger partial charge in [-0.25, -0.2) is 0 Å². The molecule has 0 bridgehead atoms. The number of hydrogen-bond acceptors (Lipinski definition) is 2. The lowest BCUT2D eigenvalue weighted by molar-refractivity contribution is -0.114. The average molecular weight is 306 g/mol. The molecule has 0 radical (unpaired) electrons. The predicted molar refractivity (Wildman–Crippen MR) is 79.4 cm³/mol. The number of alkyl halides is 2. The minimum absolute atomic E-state index is 0.0417. The lowest BCUT2D eigenvalue weighted by Crippen LogP contribution is -2.19. The molecule has 2 aromatic rings. The maximum atomic E-state index is 12.3. The molecule has 0 fully saturated rings. The second-order valence-corrected chi connectivity index (χ2v) is 5.49. The fraction of sp³-hybridized carbons (Fsp3) is 0.0667. The van der Waals surface area contributed by atoms with Crippen molar-refractivity contribution in [3.05, 3.63) is 53.6 Å². The van der Waals surface area contributed by atoms with Crippen LogP contribution in [-0.4, -0.2) is 16.5 Å². The van der Waals surface area contributed by atoms with Gasteiger partial charge in [-0.3, -0.25) is 9.59 Å². The van der Waals surface area contributed by atoms with E-state index in [0.29, 0.717) is 16.8 Å². The van der Waals surface area contributed by atoms with E-state index in [0.717, 1.165) is 11.1 Å². The van der Waals surface area contributed by atoms with Crippen molar-refractivity contribution in [1.82, 2.24) is 0 Å². The number of benzene rings is 2. The lowest BCUT2D eigenvalue weighted by Gasteiger charge is -2.10. The second-order valence-electron chi connectivity index (χ2n) is 4.39. The molecule has 2 aromatic carbocycles. The van der Waals surface area contributed by atoms with Crippen LogP contribution < -0.4 is 5.32 Å². The van der Waals surface area contributed by atoms with Crippen LogP contribution in [0, 0.1) is 0 Å². The standard InChI is InChI=1S/C15H9Cl2NO2/c16-14(17)15(20)18-11-7-3-6-10-12(11)8-4-1-2-5-9(8)13(10)19/h1-7,14H,(H,18,20).